The molecule has 1 aliphatic carbocycles. The van der Waals surface area contributed by atoms with Crippen LogP contribution in [0.3, 0.4) is 0 Å². The van der Waals surface area contributed by atoms with Crippen LogP contribution in [0.15, 0.2) is 20.6 Å². The third kappa shape index (κ3) is 2.05. The molecule has 0 radical (unpaired) electrons. The van der Waals surface area contributed by atoms with Crippen LogP contribution in [-0.4, -0.2) is 0 Å². The molecule has 0 saturated carbocycles. The van der Waals surface area contributed by atoms with Crippen molar-refractivity contribution in [3.05, 3.63) is 20.6 Å². The molecule has 0 fully saturated rings. The van der Waals surface area contributed by atoms with Gasteiger partial charge in [-0.05, 0) is 0 Å². The normalized spacial score (nSPS) is 22.1. The van der Waals surface area contributed by atoms with E-state index in [0.29, 0.717) is 5.92 Å². The fourth-order valence-electron chi connectivity index (χ4n) is 1.36. The van der Waals surface area contributed by atoms with Crippen LogP contribution in [0.4, 0.5) is 9.41 Å². The van der Waals surface area contributed by atoms with Gasteiger partial charge in [0.25, 0.3) is 0 Å². The molecule has 1 aliphatic rings. The van der Waals surface area contributed by atoms with Crippen molar-refractivity contribution < 1.29 is 29.8 Å². The van der Waals surface area contributed by atoms with Crippen molar-refractivity contribution in [2.45, 2.75) is 27.7 Å². The van der Waals surface area contributed by atoms with Gasteiger partial charge in [0.2, 0.25) is 0 Å². The van der Waals surface area contributed by atoms with Crippen LogP contribution >= 0.6 is 0 Å². The average Bonchev–Trinajstić information content (AvgIpc) is 2.07. The summed E-state index contributed by atoms with van der Waals surface area (Å²) in [5.41, 5.74) is 4.56. The molecule has 0 spiro atoms. The second-order valence-electron chi connectivity index (χ2n) is 3.07. The van der Waals surface area contributed by atoms with Crippen molar-refractivity contribution in [2.75, 3.05) is 0 Å². The van der Waals surface area contributed by atoms with E-state index >= 15 is 0 Å². The molecule has 0 nitrogen and oxygen atoms in total. The van der Waals surface area contributed by atoms with Crippen LogP contribution in [0.25, 0.3) is 0 Å². The Morgan fingerprint density at radius 3 is 1.50 bits per heavy atom. The fraction of sp³-hybridized carbons (Fsp3) is 0.556. The molecule has 1 rings (SSSR count). The Labute approximate surface area is 84.3 Å². The Kier molecular flexibility index (Phi) is 5.99. The van der Waals surface area contributed by atoms with Gasteiger partial charge in [0.15, 0.2) is 0 Å². The summed E-state index contributed by atoms with van der Waals surface area (Å²) in [5.74, 6) is 0.694. The zero-order valence-corrected chi connectivity index (χ0v) is 9.46. The van der Waals surface area contributed by atoms with E-state index in [1.807, 2.05) is 0 Å². The average molecular weight is 209 g/mol. The topological polar surface area (TPSA) is 0 Å². The van der Waals surface area contributed by atoms with Gasteiger partial charge in [-0.25, -0.2) is 0 Å². The van der Waals surface area contributed by atoms with Crippen molar-refractivity contribution in [1.82, 2.24) is 0 Å². The Hall–Kier alpha value is 0.0543. The summed E-state index contributed by atoms with van der Waals surface area (Å²) in [4.78, 5) is 0. The number of hydrogen-bond donors (Lipinski definition) is 0. The quantitative estimate of drug-likeness (QED) is 0.537. The molecule has 69 valence electrons. The molecule has 0 aliphatic heterocycles. The van der Waals surface area contributed by atoms with Gasteiger partial charge in [0, 0.05) is 0 Å². The molecule has 3 heteroatoms. The van der Waals surface area contributed by atoms with Crippen LogP contribution in [0.1, 0.15) is 27.7 Å². The molecule has 0 aromatic rings. The van der Waals surface area contributed by atoms with Gasteiger partial charge in [-0.15, -0.1) is 0 Å². The van der Waals surface area contributed by atoms with Crippen molar-refractivity contribution in [3.8, 4) is 0 Å². The number of halogens is 2. The smallest absolute Gasteiger partial charge is 0.269 e. The van der Waals surface area contributed by atoms with E-state index in [4.69, 9.17) is 0 Å². The summed E-state index contributed by atoms with van der Waals surface area (Å²) in [6.07, 6.45) is 0. The maximum Gasteiger partial charge on any atom is -0.269 e. The Balaban J connectivity index is 0. The molecule has 0 bridgehead atoms. The number of allylic oxidation sites excluding steroid dienone is 4. The Morgan fingerprint density at radius 2 is 1.42 bits per heavy atom. The Morgan fingerprint density at radius 1 is 1.00 bits per heavy atom. The number of hydrogen-bond acceptors (Lipinski definition) is 0. The molecule has 0 heterocycles. The monoisotopic (exact) mass is 209 g/mol. The maximum atomic E-state index is 2.28. The minimum absolute atomic E-state index is 0. The van der Waals surface area contributed by atoms with E-state index in [1.54, 1.807) is 9.45 Å². The standard InChI is InChI=1S/C9H13.2FH.Ti/c1-6-5-7(2)9(4)8(6)3;;;/h6H,1-4H3;2*1H;. The molecular formula is C9H15F2Ti. The zero-order chi connectivity index (χ0) is 7.89. The van der Waals surface area contributed by atoms with Crippen molar-refractivity contribution in [3.63, 3.8) is 0 Å². The first-order valence-corrected chi connectivity index (χ1v) is 4.44. The second-order valence-corrected chi connectivity index (χ2v) is 3.91. The van der Waals surface area contributed by atoms with E-state index in [-0.39, 0.29) is 9.41 Å². The molecule has 0 aromatic carbocycles. The van der Waals surface area contributed by atoms with Crippen molar-refractivity contribution in [2.24, 2.45) is 5.92 Å². The van der Waals surface area contributed by atoms with E-state index in [2.05, 4.69) is 48.1 Å². The van der Waals surface area contributed by atoms with Crippen molar-refractivity contribution >= 4 is 0 Å². The fourth-order valence-corrected chi connectivity index (χ4v) is 1.99. The van der Waals surface area contributed by atoms with Gasteiger partial charge in [-0.1, -0.05) is 0 Å². The molecule has 1 atom stereocenters. The first kappa shape index (κ1) is 14.6. The second kappa shape index (κ2) is 4.93. The van der Waals surface area contributed by atoms with Gasteiger partial charge >= 0.3 is 74.6 Å². The van der Waals surface area contributed by atoms with Gasteiger partial charge in [0.05, 0.1) is 0 Å². The van der Waals surface area contributed by atoms with E-state index in [9.17, 15) is 0 Å². The molecule has 12 heavy (non-hydrogen) atoms. The van der Waals surface area contributed by atoms with E-state index in [0.717, 1.165) is 0 Å². The summed E-state index contributed by atoms with van der Waals surface area (Å²) in [7, 11) is 0. The first-order chi connectivity index (χ1) is 4.55. The van der Waals surface area contributed by atoms with Crippen LogP contribution in [0, 0.1) is 5.92 Å². The largest absolute Gasteiger partial charge is 0.269 e. The van der Waals surface area contributed by atoms with Gasteiger partial charge in [-0.3, -0.25) is 9.41 Å². The SMILES string of the molecule is CC1=C(C)C(C)[C]([Ti])=C1C.F.F. The summed E-state index contributed by atoms with van der Waals surface area (Å²) in [5, 5.41) is 0. The molecule has 0 N–H and O–H groups in total. The third-order valence-corrected chi connectivity index (χ3v) is 3.90. The summed E-state index contributed by atoms with van der Waals surface area (Å²) in [6, 6.07) is 0. The Bertz CT molecular complexity index is 205. The third-order valence-electron chi connectivity index (χ3n) is 2.64. The summed E-state index contributed by atoms with van der Waals surface area (Å²) in [6.45, 7) is 8.96. The minimum atomic E-state index is 0. The summed E-state index contributed by atoms with van der Waals surface area (Å²) >= 11 is 2.24. The number of rotatable bonds is 0. The van der Waals surface area contributed by atoms with Gasteiger partial charge < -0.3 is 0 Å². The molecule has 1 unspecified atom stereocenters. The van der Waals surface area contributed by atoms with Crippen LogP contribution < -0.4 is 0 Å². The minimum Gasteiger partial charge on any atom is -0.269 e. The zero-order valence-electron chi connectivity index (χ0n) is 7.89. The van der Waals surface area contributed by atoms with Crippen LogP contribution in [0.5, 0.6) is 0 Å². The van der Waals surface area contributed by atoms with Crippen molar-refractivity contribution in [1.29, 1.82) is 0 Å². The molecule has 0 saturated heterocycles. The van der Waals surface area contributed by atoms with E-state index in [1.165, 1.54) is 11.1 Å². The maximum absolute atomic E-state index is 2.28. The van der Waals surface area contributed by atoms with Gasteiger partial charge in [0.1, 0.15) is 0 Å². The van der Waals surface area contributed by atoms with Crippen LogP contribution in [0.2, 0.25) is 0 Å². The van der Waals surface area contributed by atoms with Crippen LogP contribution in [-0.2, 0) is 20.4 Å². The van der Waals surface area contributed by atoms with E-state index < -0.39 is 0 Å². The molecule has 0 aromatic heterocycles. The predicted molar refractivity (Wildman–Crippen MR) is 45.2 cm³/mol. The van der Waals surface area contributed by atoms with Gasteiger partial charge in [-0.2, -0.15) is 0 Å². The molecule has 0 amide bonds. The summed E-state index contributed by atoms with van der Waals surface area (Å²) < 4.78 is 1.55. The molecular weight excluding hydrogens is 194 g/mol. The first-order valence-electron chi connectivity index (χ1n) is 3.65. The predicted octanol–water partition coefficient (Wildman–Crippen LogP) is 3.10.